The summed E-state index contributed by atoms with van der Waals surface area (Å²) in [5.41, 5.74) is 0.0356. The van der Waals surface area contributed by atoms with Gasteiger partial charge in [-0.1, -0.05) is 15.9 Å². The first kappa shape index (κ1) is 13.3. The zero-order valence-corrected chi connectivity index (χ0v) is 10.6. The molecule has 5 heteroatoms. The molecule has 0 saturated carbocycles. The van der Waals surface area contributed by atoms with Crippen LogP contribution in [0.2, 0.25) is 0 Å². The SMILES string of the molecule is COC(CC(=O)c1cc(Br)ccc1F)OC. The Bertz CT molecular complexity index is 377. The highest BCUT2D eigenvalue weighted by molar-refractivity contribution is 9.10. The third-order valence-electron chi connectivity index (χ3n) is 2.11. The van der Waals surface area contributed by atoms with Crippen molar-refractivity contribution in [2.24, 2.45) is 0 Å². The molecule has 1 aromatic carbocycles. The lowest BCUT2D eigenvalue weighted by Gasteiger charge is -2.12. The summed E-state index contributed by atoms with van der Waals surface area (Å²) in [4.78, 5) is 11.7. The van der Waals surface area contributed by atoms with E-state index in [0.29, 0.717) is 4.47 Å². The molecule has 3 nitrogen and oxygen atoms in total. The van der Waals surface area contributed by atoms with Crippen LogP contribution < -0.4 is 0 Å². The van der Waals surface area contributed by atoms with Crippen LogP contribution in [0.4, 0.5) is 4.39 Å². The van der Waals surface area contributed by atoms with Crippen LogP contribution in [0, 0.1) is 5.82 Å². The number of carbonyl (C=O) groups is 1. The van der Waals surface area contributed by atoms with Gasteiger partial charge in [-0.2, -0.15) is 0 Å². The average molecular weight is 291 g/mol. The van der Waals surface area contributed by atoms with Crippen molar-refractivity contribution in [1.82, 2.24) is 0 Å². The van der Waals surface area contributed by atoms with Gasteiger partial charge in [-0.3, -0.25) is 4.79 Å². The molecule has 0 aliphatic heterocycles. The Labute approximate surface area is 102 Å². The number of ketones is 1. The number of carbonyl (C=O) groups excluding carboxylic acids is 1. The maximum Gasteiger partial charge on any atom is 0.170 e. The van der Waals surface area contributed by atoms with Crippen molar-refractivity contribution in [2.45, 2.75) is 12.7 Å². The maximum absolute atomic E-state index is 13.4. The van der Waals surface area contributed by atoms with Gasteiger partial charge in [0.15, 0.2) is 12.1 Å². The summed E-state index contributed by atoms with van der Waals surface area (Å²) in [6, 6.07) is 4.22. The van der Waals surface area contributed by atoms with Crippen molar-refractivity contribution < 1.29 is 18.7 Å². The number of Topliss-reactive ketones (excluding diaryl/α,β-unsaturated/α-hetero) is 1. The molecule has 0 bridgehead atoms. The van der Waals surface area contributed by atoms with Crippen molar-refractivity contribution in [3.63, 3.8) is 0 Å². The molecular weight excluding hydrogens is 279 g/mol. The van der Waals surface area contributed by atoms with Gasteiger partial charge in [-0.25, -0.2) is 4.39 Å². The molecular formula is C11H12BrFO3. The van der Waals surface area contributed by atoms with E-state index in [-0.39, 0.29) is 17.8 Å². The van der Waals surface area contributed by atoms with Gasteiger partial charge in [0.25, 0.3) is 0 Å². The fraction of sp³-hybridized carbons (Fsp3) is 0.364. The number of benzene rings is 1. The monoisotopic (exact) mass is 290 g/mol. The van der Waals surface area contributed by atoms with Gasteiger partial charge in [-0.15, -0.1) is 0 Å². The quantitative estimate of drug-likeness (QED) is 0.618. The van der Waals surface area contributed by atoms with Gasteiger partial charge < -0.3 is 9.47 Å². The molecule has 0 heterocycles. The highest BCUT2D eigenvalue weighted by atomic mass is 79.9. The topological polar surface area (TPSA) is 35.5 Å². The molecule has 0 N–H and O–H groups in total. The lowest BCUT2D eigenvalue weighted by atomic mass is 10.1. The van der Waals surface area contributed by atoms with Crippen LogP contribution in [0.1, 0.15) is 16.8 Å². The first-order chi connectivity index (χ1) is 7.58. The lowest BCUT2D eigenvalue weighted by Crippen LogP contribution is -2.18. The molecule has 0 aliphatic rings. The lowest BCUT2D eigenvalue weighted by molar-refractivity contribution is -0.0993. The molecule has 0 aromatic heterocycles. The standard InChI is InChI=1S/C11H12BrFO3/c1-15-11(16-2)6-10(14)8-5-7(12)3-4-9(8)13/h3-5,11H,6H2,1-2H3. The number of methoxy groups -OCH3 is 2. The predicted molar refractivity (Wildman–Crippen MR) is 60.9 cm³/mol. The molecule has 0 radical (unpaired) electrons. The summed E-state index contributed by atoms with van der Waals surface area (Å²) < 4.78 is 23.8. The summed E-state index contributed by atoms with van der Waals surface area (Å²) in [5, 5.41) is 0. The molecule has 1 rings (SSSR count). The Morgan fingerprint density at radius 3 is 2.62 bits per heavy atom. The first-order valence-corrected chi connectivity index (χ1v) is 5.41. The average Bonchev–Trinajstić information content (AvgIpc) is 2.28. The van der Waals surface area contributed by atoms with E-state index in [0.717, 1.165) is 0 Å². The number of rotatable bonds is 5. The molecule has 0 saturated heterocycles. The van der Waals surface area contributed by atoms with Crippen molar-refractivity contribution in [2.75, 3.05) is 14.2 Å². The van der Waals surface area contributed by atoms with Crippen LogP contribution in [0.15, 0.2) is 22.7 Å². The van der Waals surface area contributed by atoms with E-state index in [1.54, 1.807) is 0 Å². The van der Waals surface area contributed by atoms with Crippen molar-refractivity contribution in [3.05, 3.63) is 34.1 Å². The summed E-state index contributed by atoms with van der Waals surface area (Å²) >= 11 is 3.18. The number of halogens is 2. The minimum atomic E-state index is -0.647. The summed E-state index contributed by atoms with van der Waals surface area (Å²) in [6.07, 6.45) is -0.661. The largest absolute Gasteiger partial charge is 0.355 e. The highest BCUT2D eigenvalue weighted by Crippen LogP contribution is 2.18. The van der Waals surface area contributed by atoms with Gasteiger partial charge in [0.2, 0.25) is 0 Å². The molecule has 0 unspecified atom stereocenters. The Kier molecular flexibility index (Phi) is 5.05. The van der Waals surface area contributed by atoms with Crippen LogP contribution >= 0.6 is 15.9 Å². The van der Waals surface area contributed by atoms with E-state index in [1.807, 2.05) is 0 Å². The van der Waals surface area contributed by atoms with Crippen molar-refractivity contribution >= 4 is 21.7 Å². The number of ether oxygens (including phenoxy) is 2. The zero-order valence-electron chi connectivity index (χ0n) is 9.00. The maximum atomic E-state index is 13.4. The molecule has 0 spiro atoms. The molecule has 0 fully saturated rings. The second-order valence-electron chi connectivity index (χ2n) is 3.15. The van der Waals surface area contributed by atoms with Gasteiger partial charge >= 0.3 is 0 Å². The third-order valence-corrected chi connectivity index (χ3v) is 2.60. The van der Waals surface area contributed by atoms with Crippen molar-refractivity contribution in [3.8, 4) is 0 Å². The zero-order chi connectivity index (χ0) is 12.1. The fourth-order valence-corrected chi connectivity index (χ4v) is 1.60. The van der Waals surface area contributed by atoms with Crippen molar-refractivity contribution in [1.29, 1.82) is 0 Å². The molecule has 88 valence electrons. The Hall–Kier alpha value is -0.780. The highest BCUT2D eigenvalue weighted by Gasteiger charge is 2.17. The van der Waals surface area contributed by atoms with E-state index in [1.165, 1.54) is 32.4 Å². The minimum absolute atomic E-state index is 0.0135. The van der Waals surface area contributed by atoms with E-state index in [9.17, 15) is 9.18 Å². The van der Waals surface area contributed by atoms with Gasteiger partial charge in [0.05, 0.1) is 12.0 Å². The van der Waals surface area contributed by atoms with Crippen LogP contribution in [0.25, 0.3) is 0 Å². The van der Waals surface area contributed by atoms with Gasteiger partial charge in [0, 0.05) is 18.7 Å². The third kappa shape index (κ3) is 3.37. The van der Waals surface area contributed by atoms with E-state index < -0.39 is 12.1 Å². The predicted octanol–water partition coefficient (Wildman–Crippen LogP) is 2.78. The smallest absolute Gasteiger partial charge is 0.170 e. The summed E-state index contributed by atoms with van der Waals surface area (Å²) in [6.45, 7) is 0. The van der Waals surface area contributed by atoms with Crippen LogP contribution in [0.3, 0.4) is 0 Å². The fourth-order valence-electron chi connectivity index (χ4n) is 1.24. The molecule has 16 heavy (non-hydrogen) atoms. The second kappa shape index (κ2) is 6.08. The summed E-state index contributed by atoms with van der Waals surface area (Å²) in [5.74, 6) is -0.897. The number of hydrogen-bond acceptors (Lipinski definition) is 3. The molecule has 1 aromatic rings. The summed E-state index contributed by atoms with van der Waals surface area (Å²) in [7, 11) is 2.86. The molecule has 0 atom stereocenters. The van der Waals surface area contributed by atoms with Gasteiger partial charge in [-0.05, 0) is 18.2 Å². The Balaban J connectivity index is 2.83. The van der Waals surface area contributed by atoms with Crippen LogP contribution in [-0.2, 0) is 9.47 Å². The molecule has 0 amide bonds. The van der Waals surface area contributed by atoms with Crippen LogP contribution in [0.5, 0.6) is 0 Å². The Morgan fingerprint density at radius 2 is 2.06 bits per heavy atom. The van der Waals surface area contributed by atoms with Crippen LogP contribution in [-0.4, -0.2) is 26.3 Å². The first-order valence-electron chi connectivity index (χ1n) is 4.62. The normalized spacial score (nSPS) is 10.8. The molecule has 0 aliphatic carbocycles. The van der Waals surface area contributed by atoms with E-state index in [2.05, 4.69) is 15.9 Å². The Morgan fingerprint density at radius 1 is 1.44 bits per heavy atom. The van der Waals surface area contributed by atoms with E-state index >= 15 is 0 Å². The minimum Gasteiger partial charge on any atom is -0.355 e. The second-order valence-corrected chi connectivity index (χ2v) is 4.07. The van der Waals surface area contributed by atoms with Gasteiger partial charge in [0.1, 0.15) is 5.82 Å². The number of hydrogen-bond donors (Lipinski definition) is 0. The van der Waals surface area contributed by atoms with E-state index in [4.69, 9.17) is 9.47 Å².